The highest BCUT2D eigenvalue weighted by Gasteiger charge is 2.27. The minimum Gasteiger partial charge on any atom is -0.495 e. The summed E-state index contributed by atoms with van der Waals surface area (Å²) in [4.78, 5) is 15.2. The average Bonchev–Trinajstić information content (AvgIpc) is 3.48. The molecule has 4 rings (SSSR count). The van der Waals surface area contributed by atoms with Gasteiger partial charge in [-0.2, -0.15) is 0 Å². The number of amides is 1. The van der Waals surface area contributed by atoms with Crippen LogP contribution in [-0.2, 0) is 10.0 Å². The Balaban J connectivity index is 1.60. The Kier molecular flexibility index (Phi) is 5.71. The number of rotatable bonds is 6. The van der Waals surface area contributed by atoms with E-state index in [4.69, 9.17) is 9.15 Å². The maximum absolute atomic E-state index is 13.0. The van der Waals surface area contributed by atoms with Gasteiger partial charge in [0.15, 0.2) is 0 Å². The molecule has 0 bridgehead atoms. The van der Waals surface area contributed by atoms with E-state index in [1.807, 2.05) is 13.0 Å². The van der Waals surface area contributed by atoms with E-state index in [1.54, 1.807) is 24.0 Å². The number of likely N-dealkylation sites (tertiary alicyclic amines) is 1. The Morgan fingerprint density at radius 1 is 1.19 bits per heavy atom. The Labute approximate surface area is 184 Å². The highest BCUT2D eigenvalue weighted by atomic mass is 32.2. The quantitative estimate of drug-likeness (QED) is 0.596. The molecular formula is C20H22N4O5S2. The number of sulfonamides is 1. The summed E-state index contributed by atoms with van der Waals surface area (Å²) in [5.74, 6) is 0.148. The summed E-state index contributed by atoms with van der Waals surface area (Å²) in [5.41, 5.74) is 1.24. The van der Waals surface area contributed by atoms with Gasteiger partial charge in [-0.3, -0.25) is 9.52 Å². The summed E-state index contributed by atoms with van der Waals surface area (Å²) in [6, 6.07) is 6.72. The number of thiophene rings is 1. The summed E-state index contributed by atoms with van der Waals surface area (Å²) >= 11 is 1.20. The van der Waals surface area contributed by atoms with Gasteiger partial charge in [0.1, 0.15) is 10.6 Å². The van der Waals surface area contributed by atoms with Crippen molar-refractivity contribution in [1.29, 1.82) is 0 Å². The predicted molar refractivity (Wildman–Crippen MR) is 116 cm³/mol. The number of anilines is 1. The lowest BCUT2D eigenvalue weighted by atomic mass is 10.2. The summed E-state index contributed by atoms with van der Waals surface area (Å²) in [5, 5.41) is 7.80. The molecule has 164 valence electrons. The molecule has 3 aromatic rings. The molecule has 0 saturated carbocycles. The topological polar surface area (TPSA) is 115 Å². The molecule has 0 unspecified atom stereocenters. The van der Waals surface area contributed by atoms with Crippen molar-refractivity contribution in [3.63, 3.8) is 0 Å². The second kappa shape index (κ2) is 8.31. The molecule has 1 aliphatic heterocycles. The molecule has 3 heterocycles. The monoisotopic (exact) mass is 462 g/mol. The largest absolute Gasteiger partial charge is 0.495 e. The molecule has 1 aromatic carbocycles. The first kappa shape index (κ1) is 21.3. The third-order valence-electron chi connectivity index (χ3n) is 4.97. The van der Waals surface area contributed by atoms with Crippen LogP contribution < -0.4 is 9.46 Å². The van der Waals surface area contributed by atoms with Crippen molar-refractivity contribution < 1.29 is 22.4 Å². The third-order valence-corrected chi connectivity index (χ3v) is 7.63. The van der Waals surface area contributed by atoms with Crippen molar-refractivity contribution in [2.75, 3.05) is 24.9 Å². The maximum Gasteiger partial charge on any atom is 0.311 e. The van der Waals surface area contributed by atoms with Gasteiger partial charge in [-0.05, 0) is 50.5 Å². The summed E-state index contributed by atoms with van der Waals surface area (Å²) in [6.07, 6.45) is 1.91. The van der Waals surface area contributed by atoms with E-state index in [9.17, 15) is 13.2 Å². The fourth-order valence-corrected chi connectivity index (χ4v) is 5.98. The second-order valence-electron chi connectivity index (χ2n) is 7.25. The molecule has 9 nitrogen and oxygen atoms in total. The molecule has 1 fully saturated rings. The Bertz CT molecular complexity index is 1230. The first-order valence-corrected chi connectivity index (χ1v) is 12.0. The van der Waals surface area contributed by atoms with Crippen molar-refractivity contribution in [3.8, 4) is 16.5 Å². The molecule has 0 spiro atoms. The van der Waals surface area contributed by atoms with Crippen molar-refractivity contribution in [2.24, 2.45) is 0 Å². The lowest BCUT2D eigenvalue weighted by molar-refractivity contribution is 0.0754. The molecule has 0 radical (unpaired) electrons. The third kappa shape index (κ3) is 4.28. The first-order valence-electron chi connectivity index (χ1n) is 9.69. The number of benzene rings is 1. The Hall–Kier alpha value is -2.92. The maximum atomic E-state index is 13.0. The number of hydrogen-bond acceptors (Lipinski definition) is 8. The van der Waals surface area contributed by atoms with Crippen LogP contribution in [-0.4, -0.2) is 49.6 Å². The second-order valence-corrected chi connectivity index (χ2v) is 10.2. The van der Waals surface area contributed by atoms with E-state index >= 15 is 0 Å². The van der Waals surface area contributed by atoms with Gasteiger partial charge >= 0.3 is 11.8 Å². The molecule has 1 amide bonds. The standard InChI is InChI=1S/C20H22N4O5S2/c1-12-6-7-15(28-3)14(10-12)23-31(26,27)17-11-16(30-13(17)2)18-21-22-19(29-18)20(25)24-8-4-5-9-24/h6-7,10-11,23H,4-5,8-9H2,1-3H3. The van der Waals surface area contributed by atoms with Gasteiger partial charge in [0.05, 0.1) is 17.7 Å². The van der Waals surface area contributed by atoms with Gasteiger partial charge in [-0.15, -0.1) is 21.5 Å². The predicted octanol–water partition coefficient (Wildman–Crippen LogP) is 3.46. The zero-order valence-electron chi connectivity index (χ0n) is 17.3. The van der Waals surface area contributed by atoms with Crippen molar-refractivity contribution >= 4 is 33.0 Å². The number of ether oxygens (including phenoxy) is 1. The highest BCUT2D eigenvalue weighted by molar-refractivity contribution is 7.93. The molecule has 11 heteroatoms. The van der Waals surface area contributed by atoms with E-state index in [2.05, 4.69) is 14.9 Å². The van der Waals surface area contributed by atoms with Crippen LogP contribution in [0.2, 0.25) is 0 Å². The lowest BCUT2D eigenvalue weighted by Crippen LogP contribution is -2.27. The molecule has 1 N–H and O–H groups in total. The van der Waals surface area contributed by atoms with Crippen LogP contribution in [0.3, 0.4) is 0 Å². The number of hydrogen-bond donors (Lipinski definition) is 1. The Morgan fingerprint density at radius 2 is 1.94 bits per heavy atom. The zero-order valence-corrected chi connectivity index (χ0v) is 19.0. The number of methoxy groups -OCH3 is 1. The molecular weight excluding hydrogens is 440 g/mol. The van der Waals surface area contributed by atoms with Gasteiger partial charge < -0.3 is 14.1 Å². The molecule has 2 aromatic heterocycles. The van der Waals surface area contributed by atoms with E-state index in [0.29, 0.717) is 34.3 Å². The first-order chi connectivity index (χ1) is 14.8. The zero-order chi connectivity index (χ0) is 22.2. The highest BCUT2D eigenvalue weighted by Crippen LogP contribution is 2.35. The molecule has 31 heavy (non-hydrogen) atoms. The van der Waals surface area contributed by atoms with Crippen LogP contribution in [0.25, 0.3) is 10.8 Å². The number of aryl methyl sites for hydroxylation is 2. The normalized spacial score (nSPS) is 14.1. The van der Waals surface area contributed by atoms with Gasteiger partial charge in [0.25, 0.3) is 15.9 Å². The van der Waals surface area contributed by atoms with Crippen LogP contribution in [0.5, 0.6) is 5.75 Å². The van der Waals surface area contributed by atoms with Crippen LogP contribution in [0.4, 0.5) is 5.69 Å². The molecule has 0 atom stereocenters. The SMILES string of the molecule is COc1ccc(C)cc1NS(=O)(=O)c1cc(-c2nnc(C(=O)N3CCCC3)o2)sc1C. The van der Waals surface area contributed by atoms with Crippen molar-refractivity contribution in [2.45, 2.75) is 31.6 Å². The van der Waals surface area contributed by atoms with E-state index < -0.39 is 10.0 Å². The van der Waals surface area contributed by atoms with Crippen LogP contribution in [0.15, 0.2) is 33.6 Å². The van der Waals surface area contributed by atoms with Gasteiger partial charge in [0, 0.05) is 18.0 Å². The van der Waals surface area contributed by atoms with Gasteiger partial charge in [-0.25, -0.2) is 8.42 Å². The minimum atomic E-state index is -3.89. The van der Waals surface area contributed by atoms with E-state index in [0.717, 1.165) is 18.4 Å². The number of carbonyl (C=O) groups is 1. The van der Waals surface area contributed by atoms with Gasteiger partial charge in [0.2, 0.25) is 0 Å². The van der Waals surface area contributed by atoms with Gasteiger partial charge in [-0.1, -0.05) is 6.07 Å². The fraction of sp³-hybridized carbons (Fsp3) is 0.350. The number of carbonyl (C=O) groups excluding carboxylic acids is 1. The van der Waals surface area contributed by atoms with Crippen molar-refractivity contribution in [3.05, 3.63) is 40.6 Å². The number of nitrogens with one attached hydrogen (secondary N) is 1. The fourth-order valence-electron chi connectivity index (χ4n) is 3.40. The molecule has 1 aliphatic rings. The smallest absolute Gasteiger partial charge is 0.311 e. The number of aromatic nitrogens is 2. The van der Waals surface area contributed by atoms with E-state index in [1.165, 1.54) is 24.5 Å². The Morgan fingerprint density at radius 3 is 2.65 bits per heavy atom. The lowest BCUT2D eigenvalue weighted by Gasteiger charge is -2.12. The molecule has 0 aliphatic carbocycles. The summed E-state index contributed by atoms with van der Waals surface area (Å²) < 4.78 is 39.5. The van der Waals surface area contributed by atoms with Crippen LogP contribution in [0.1, 0.15) is 34.0 Å². The summed E-state index contributed by atoms with van der Waals surface area (Å²) in [7, 11) is -2.41. The summed E-state index contributed by atoms with van der Waals surface area (Å²) in [6.45, 7) is 4.90. The minimum absolute atomic E-state index is 0.0880. The van der Waals surface area contributed by atoms with Crippen molar-refractivity contribution in [1.82, 2.24) is 15.1 Å². The van der Waals surface area contributed by atoms with Crippen LogP contribution >= 0.6 is 11.3 Å². The average molecular weight is 463 g/mol. The van der Waals surface area contributed by atoms with Crippen LogP contribution in [0, 0.1) is 13.8 Å². The number of nitrogens with zero attached hydrogens (tertiary/aromatic N) is 3. The molecule has 1 saturated heterocycles. The van der Waals surface area contributed by atoms with E-state index in [-0.39, 0.29) is 22.6 Å².